The number of hydrogen-bond donors (Lipinski definition) is 1. The van der Waals surface area contributed by atoms with E-state index in [1.165, 1.54) is 17.7 Å². The number of likely N-dealkylation sites (tertiary alicyclic amines) is 1. The zero-order valence-corrected chi connectivity index (χ0v) is 20.8. The number of nitrogens with one attached hydrogen (secondary N) is 1. The van der Waals surface area contributed by atoms with Crippen molar-refractivity contribution in [1.29, 1.82) is 0 Å². The molecule has 2 heterocycles. The molecule has 36 heavy (non-hydrogen) atoms. The van der Waals surface area contributed by atoms with Crippen molar-refractivity contribution in [2.45, 2.75) is 56.2 Å². The average Bonchev–Trinajstić information content (AvgIpc) is 3.31. The van der Waals surface area contributed by atoms with Gasteiger partial charge in [0.25, 0.3) is 0 Å². The van der Waals surface area contributed by atoms with Crippen molar-refractivity contribution < 1.29 is 17.7 Å². The molecular formula is C27H30ClF3N4O. The van der Waals surface area contributed by atoms with Crippen LogP contribution in [0.1, 0.15) is 66.4 Å². The summed E-state index contributed by atoms with van der Waals surface area (Å²) in [5.41, 5.74) is 1.22. The molecule has 9 heteroatoms. The first-order valence-corrected chi connectivity index (χ1v) is 12.9. The molecule has 1 saturated carbocycles. The Balaban J connectivity index is 1.07. The third-order valence-electron chi connectivity index (χ3n) is 7.65. The monoisotopic (exact) mass is 518 g/mol. The second kappa shape index (κ2) is 10.5. The molecule has 1 N–H and O–H groups in total. The Kier molecular flexibility index (Phi) is 7.37. The first kappa shape index (κ1) is 25.2. The Bertz CT molecular complexity index is 1150. The van der Waals surface area contributed by atoms with Gasteiger partial charge in [-0.1, -0.05) is 53.5 Å². The number of alkyl halides is 3. The quantitative estimate of drug-likeness (QED) is 0.361. The van der Waals surface area contributed by atoms with Gasteiger partial charge in [-0.05, 0) is 74.0 Å². The minimum atomic E-state index is -4.30. The lowest BCUT2D eigenvalue weighted by atomic mass is 9.64. The van der Waals surface area contributed by atoms with E-state index in [9.17, 15) is 13.2 Å². The number of aromatic nitrogens is 2. The van der Waals surface area contributed by atoms with Crippen LogP contribution >= 0.6 is 11.6 Å². The third kappa shape index (κ3) is 5.45. The van der Waals surface area contributed by atoms with E-state index in [-0.39, 0.29) is 11.3 Å². The minimum Gasteiger partial charge on any atom is -0.338 e. The molecule has 1 aromatic heterocycles. The first-order valence-electron chi connectivity index (χ1n) is 12.5. The molecule has 2 aliphatic rings. The third-order valence-corrected chi connectivity index (χ3v) is 7.91. The molecule has 192 valence electrons. The topological polar surface area (TPSA) is 54.2 Å². The van der Waals surface area contributed by atoms with Gasteiger partial charge in [0, 0.05) is 18.1 Å². The first-order chi connectivity index (χ1) is 17.3. The molecular weight excluding hydrogens is 489 g/mol. The van der Waals surface area contributed by atoms with Crippen LogP contribution in [0.15, 0.2) is 53.1 Å². The standard InChI is InChI=1S/C27H30ClF3N4O/c28-23-7-5-21(6-8-23)26(11-2-12-26)25-33-24(36-34-25)18-32-13-16-35-14-9-19(10-15-35)20-3-1-4-22(17-20)27(29,30)31/h1,3-8,17,19,32H,2,9-16,18H2. The summed E-state index contributed by atoms with van der Waals surface area (Å²) in [5, 5.41) is 8.39. The van der Waals surface area contributed by atoms with Crippen LogP contribution < -0.4 is 5.32 Å². The molecule has 5 nitrogen and oxygen atoms in total. The van der Waals surface area contributed by atoms with Crippen LogP contribution in [0.3, 0.4) is 0 Å². The summed E-state index contributed by atoms with van der Waals surface area (Å²) >= 11 is 6.06. The molecule has 0 spiro atoms. The van der Waals surface area contributed by atoms with Crippen LogP contribution in [0.4, 0.5) is 13.2 Å². The molecule has 2 aromatic carbocycles. The molecule has 0 atom stereocenters. The maximum Gasteiger partial charge on any atom is 0.416 e. The summed E-state index contributed by atoms with van der Waals surface area (Å²) in [7, 11) is 0. The highest BCUT2D eigenvalue weighted by Gasteiger charge is 2.44. The van der Waals surface area contributed by atoms with Crippen molar-refractivity contribution in [2.24, 2.45) is 0 Å². The summed E-state index contributed by atoms with van der Waals surface area (Å²) in [6.45, 7) is 3.89. The van der Waals surface area contributed by atoms with Crippen molar-refractivity contribution in [1.82, 2.24) is 20.4 Å². The Labute approximate surface area is 214 Å². The van der Waals surface area contributed by atoms with Gasteiger partial charge < -0.3 is 14.7 Å². The largest absolute Gasteiger partial charge is 0.416 e. The summed E-state index contributed by atoms with van der Waals surface area (Å²) in [6.07, 6.45) is 0.558. The highest BCUT2D eigenvalue weighted by molar-refractivity contribution is 6.30. The zero-order chi connectivity index (χ0) is 25.2. The van der Waals surface area contributed by atoms with Gasteiger partial charge >= 0.3 is 6.18 Å². The van der Waals surface area contributed by atoms with Gasteiger partial charge in [0.2, 0.25) is 5.89 Å². The highest BCUT2D eigenvalue weighted by atomic mass is 35.5. The van der Waals surface area contributed by atoms with E-state index in [0.717, 1.165) is 75.7 Å². The number of nitrogens with zero attached hydrogens (tertiary/aromatic N) is 3. The average molecular weight is 519 g/mol. The van der Waals surface area contributed by atoms with E-state index in [1.807, 2.05) is 30.3 Å². The molecule has 1 aliphatic heterocycles. The lowest BCUT2D eigenvalue weighted by molar-refractivity contribution is -0.137. The van der Waals surface area contributed by atoms with Crippen molar-refractivity contribution in [2.75, 3.05) is 26.2 Å². The normalized spacial score (nSPS) is 18.8. The predicted octanol–water partition coefficient (Wildman–Crippen LogP) is 6.18. The van der Waals surface area contributed by atoms with Gasteiger partial charge in [0.15, 0.2) is 5.82 Å². The van der Waals surface area contributed by atoms with E-state index in [0.29, 0.717) is 17.5 Å². The van der Waals surface area contributed by atoms with Gasteiger partial charge in [-0.25, -0.2) is 0 Å². The van der Waals surface area contributed by atoms with Crippen molar-refractivity contribution in [3.05, 3.63) is 82.0 Å². The Hall–Kier alpha value is -2.42. The fourth-order valence-corrected chi connectivity index (χ4v) is 5.48. The smallest absolute Gasteiger partial charge is 0.338 e. The second-order valence-electron chi connectivity index (χ2n) is 9.87. The summed E-state index contributed by atoms with van der Waals surface area (Å²) in [6, 6.07) is 13.7. The van der Waals surface area contributed by atoms with Crippen LogP contribution in [-0.2, 0) is 18.1 Å². The zero-order valence-electron chi connectivity index (χ0n) is 20.0. The maximum absolute atomic E-state index is 13.0. The fourth-order valence-electron chi connectivity index (χ4n) is 5.35. The molecule has 0 amide bonds. The Morgan fingerprint density at radius 1 is 1.08 bits per heavy atom. The Morgan fingerprint density at radius 3 is 2.50 bits per heavy atom. The molecule has 5 rings (SSSR count). The Morgan fingerprint density at radius 2 is 1.83 bits per heavy atom. The highest BCUT2D eigenvalue weighted by Crippen LogP contribution is 2.47. The lowest BCUT2D eigenvalue weighted by Gasteiger charge is -2.39. The maximum atomic E-state index is 13.0. The summed E-state index contributed by atoms with van der Waals surface area (Å²) in [4.78, 5) is 7.04. The molecule has 1 saturated heterocycles. The van der Waals surface area contributed by atoms with E-state index < -0.39 is 11.7 Å². The minimum absolute atomic E-state index is 0.174. The number of piperidine rings is 1. The van der Waals surface area contributed by atoms with E-state index in [4.69, 9.17) is 16.1 Å². The predicted molar refractivity (Wildman–Crippen MR) is 132 cm³/mol. The van der Waals surface area contributed by atoms with Crippen molar-refractivity contribution in [3.8, 4) is 0 Å². The molecule has 0 unspecified atom stereocenters. The number of benzene rings is 2. The van der Waals surface area contributed by atoms with Gasteiger partial charge in [-0.15, -0.1) is 0 Å². The number of hydrogen-bond acceptors (Lipinski definition) is 5. The van der Waals surface area contributed by atoms with Crippen LogP contribution in [0.25, 0.3) is 0 Å². The van der Waals surface area contributed by atoms with E-state index in [1.54, 1.807) is 0 Å². The van der Waals surface area contributed by atoms with E-state index in [2.05, 4.69) is 20.4 Å². The van der Waals surface area contributed by atoms with Gasteiger partial charge in [-0.3, -0.25) is 0 Å². The fraction of sp³-hybridized carbons (Fsp3) is 0.481. The van der Waals surface area contributed by atoms with Crippen LogP contribution in [0.5, 0.6) is 0 Å². The van der Waals surface area contributed by atoms with E-state index >= 15 is 0 Å². The summed E-state index contributed by atoms with van der Waals surface area (Å²) in [5.74, 6) is 1.49. The van der Waals surface area contributed by atoms with Crippen LogP contribution in [0, 0.1) is 0 Å². The van der Waals surface area contributed by atoms with Crippen molar-refractivity contribution >= 4 is 11.6 Å². The SMILES string of the molecule is FC(F)(F)c1cccc(C2CCN(CCNCc3nc(C4(c5ccc(Cl)cc5)CCC4)no3)CC2)c1. The van der Waals surface area contributed by atoms with Gasteiger partial charge in [0.05, 0.1) is 17.5 Å². The molecule has 0 bridgehead atoms. The van der Waals surface area contributed by atoms with Gasteiger partial charge in [0.1, 0.15) is 0 Å². The molecule has 1 aliphatic carbocycles. The van der Waals surface area contributed by atoms with Crippen molar-refractivity contribution in [3.63, 3.8) is 0 Å². The second-order valence-corrected chi connectivity index (χ2v) is 10.3. The van der Waals surface area contributed by atoms with Gasteiger partial charge in [-0.2, -0.15) is 18.2 Å². The van der Waals surface area contributed by atoms with Crippen LogP contribution in [0.2, 0.25) is 5.02 Å². The number of halogens is 4. The molecule has 3 aromatic rings. The molecule has 0 radical (unpaired) electrons. The molecule has 2 fully saturated rings. The lowest BCUT2D eigenvalue weighted by Crippen LogP contribution is -2.38. The number of rotatable bonds is 8. The van der Waals surface area contributed by atoms with Crippen LogP contribution in [-0.4, -0.2) is 41.2 Å². The summed E-state index contributed by atoms with van der Waals surface area (Å²) < 4.78 is 44.6.